The Kier molecular flexibility index (Phi) is 5.55. The van der Waals surface area contributed by atoms with Crippen LogP contribution in [0.25, 0.3) is 10.9 Å². The zero-order chi connectivity index (χ0) is 20.2. The van der Waals surface area contributed by atoms with E-state index in [2.05, 4.69) is 20.3 Å². The molecule has 0 bridgehead atoms. The minimum Gasteiger partial charge on any atom is -0.360 e. The number of aromatic nitrogens is 3. The fraction of sp³-hybridized carbons (Fsp3) is 0.136. The van der Waals surface area contributed by atoms with E-state index >= 15 is 0 Å². The molecule has 0 saturated carbocycles. The van der Waals surface area contributed by atoms with E-state index in [1.165, 1.54) is 0 Å². The van der Waals surface area contributed by atoms with Crippen molar-refractivity contribution in [2.75, 3.05) is 0 Å². The maximum absolute atomic E-state index is 12.6. The number of fused-ring (bicyclic) bond motifs is 1. The molecule has 0 radical (unpaired) electrons. The first-order chi connectivity index (χ1) is 14.1. The molecule has 0 aliphatic heterocycles. The Morgan fingerprint density at radius 1 is 1.17 bits per heavy atom. The first-order valence-electron chi connectivity index (χ1n) is 9.24. The van der Waals surface area contributed by atoms with Gasteiger partial charge in [0.15, 0.2) is 0 Å². The Morgan fingerprint density at radius 3 is 2.93 bits per heavy atom. The highest BCUT2D eigenvalue weighted by Gasteiger charge is 2.10. The maximum Gasteiger partial charge on any atom is 0.253 e. The van der Waals surface area contributed by atoms with Gasteiger partial charge in [-0.1, -0.05) is 23.7 Å². The molecule has 146 valence electrons. The molecule has 0 unspecified atom stereocenters. The highest BCUT2D eigenvalue weighted by Crippen LogP contribution is 2.23. The van der Waals surface area contributed by atoms with Gasteiger partial charge in [0, 0.05) is 55.2 Å². The summed E-state index contributed by atoms with van der Waals surface area (Å²) in [7, 11) is 0. The Balaban J connectivity index is 1.45. The van der Waals surface area contributed by atoms with Gasteiger partial charge in [-0.2, -0.15) is 0 Å². The third-order valence-corrected chi connectivity index (χ3v) is 5.09. The second kappa shape index (κ2) is 8.43. The van der Waals surface area contributed by atoms with Crippen LogP contribution in [0.1, 0.15) is 32.7 Å². The Hall–Kier alpha value is -3.22. The summed E-state index contributed by atoms with van der Waals surface area (Å²) in [6.45, 7) is 0.777. The van der Waals surface area contributed by atoms with Crippen LogP contribution in [-0.2, 0) is 19.5 Å². The number of rotatable bonds is 6. The molecule has 0 atom stereocenters. The monoisotopic (exact) mass is 405 g/mol. The number of aromatic amines is 1. The highest BCUT2D eigenvalue weighted by molar-refractivity contribution is 6.35. The maximum atomic E-state index is 12.6. The number of halogens is 1. The zero-order valence-corrected chi connectivity index (χ0v) is 16.4. The average molecular weight is 406 g/mol. The van der Waals surface area contributed by atoms with E-state index in [4.69, 9.17) is 17.3 Å². The molecule has 0 saturated heterocycles. The van der Waals surface area contributed by atoms with Crippen molar-refractivity contribution in [3.05, 3.63) is 94.2 Å². The Morgan fingerprint density at radius 2 is 2.07 bits per heavy atom. The molecule has 4 N–H and O–H groups in total. The van der Waals surface area contributed by atoms with E-state index in [9.17, 15) is 4.79 Å². The minimum atomic E-state index is -0.176. The van der Waals surface area contributed by atoms with Crippen molar-refractivity contribution in [2.24, 2.45) is 5.73 Å². The van der Waals surface area contributed by atoms with Crippen molar-refractivity contribution < 1.29 is 4.79 Å². The van der Waals surface area contributed by atoms with Crippen LogP contribution in [0.5, 0.6) is 0 Å². The number of nitrogens with zero attached hydrogens (tertiary/aromatic N) is 2. The molecule has 0 fully saturated rings. The van der Waals surface area contributed by atoms with Crippen molar-refractivity contribution in [2.45, 2.75) is 19.5 Å². The third-order valence-electron chi connectivity index (χ3n) is 4.78. The van der Waals surface area contributed by atoms with E-state index in [0.717, 1.165) is 33.3 Å². The molecule has 1 aromatic carbocycles. The molecule has 7 heteroatoms. The van der Waals surface area contributed by atoms with Crippen LogP contribution in [0.4, 0.5) is 0 Å². The SMILES string of the molecule is NCc1ncccc1Cc1cncc(C(=O)NCc2ccc3[nH]cc(Cl)c3c2)c1. The van der Waals surface area contributed by atoms with E-state index in [1.807, 2.05) is 36.4 Å². The van der Waals surface area contributed by atoms with Crippen molar-refractivity contribution in [1.82, 2.24) is 20.3 Å². The second-order valence-corrected chi connectivity index (χ2v) is 7.18. The van der Waals surface area contributed by atoms with Crippen LogP contribution in [0.2, 0.25) is 5.02 Å². The number of H-pyrrole nitrogens is 1. The predicted molar refractivity (Wildman–Crippen MR) is 114 cm³/mol. The normalized spacial score (nSPS) is 11.0. The van der Waals surface area contributed by atoms with Gasteiger partial charge in [-0.3, -0.25) is 14.8 Å². The van der Waals surface area contributed by atoms with Crippen LogP contribution >= 0.6 is 11.6 Å². The molecule has 3 aromatic heterocycles. The van der Waals surface area contributed by atoms with E-state index in [0.29, 0.717) is 30.1 Å². The van der Waals surface area contributed by atoms with Crippen LogP contribution in [-0.4, -0.2) is 20.9 Å². The first kappa shape index (κ1) is 19.1. The fourth-order valence-corrected chi connectivity index (χ4v) is 3.48. The number of pyridine rings is 2. The number of amides is 1. The summed E-state index contributed by atoms with van der Waals surface area (Å²) in [4.78, 5) is 24.2. The van der Waals surface area contributed by atoms with E-state index in [1.54, 1.807) is 24.8 Å². The largest absolute Gasteiger partial charge is 0.360 e. The van der Waals surface area contributed by atoms with E-state index < -0.39 is 0 Å². The molecule has 4 aromatic rings. The van der Waals surface area contributed by atoms with Gasteiger partial charge >= 0.3 is 0 Å². The molecular weight excluding hydrogens is 386 g/mol. The average Bonchev–Trinajstić information content (AvgIpc) is 3.13. The molecule has 0 spiro atoms. The van der Waals surface area contributed by atoms with Gasteiger partial charge in [0.2, 0.25) is 0 Å². The lowest BCUT2D eigenvalue weighted by molar-refractivity contribution is 0.0950. The number of benzene rings is 1. The number of hydrogen-bond donors (Lipinski definition) is 3. The Bertz CT molecular complexity index is 1170. The number of carbonyl (C=O) groups is 1. The number of carbonyl (C=O) groups excluding carboxylic acids is 1. The molecular formula is C22H20ClN5O. The molecule has 0 aliphatic carbocycles. The summed E-state index contributed by atoms with van der Waals surface area (Å²) in [6.07, 6.45) is 7.43. The van der Waals surface area contributed by atoms with Gasteiger partial charge in [-0.25, -0.2) is 0 Å². The van der Waals surface area contributed by atoms with Crippen molar-refractivity contribution in [1.29, 1.82) is 0 Å². The minimum absolute atomic E-state index is 0.176. The zero-order valence-electron chi connectivity index (χ0n) is 15.7. The van der Waals surface area contributed by atoms with Gasteiger partial charge in [0.25, 0.3) is 5.91 Å². The van der Waals surface area contributed by atoms with Crippen LogP contribution in [0, 0.1) is 0 Å². The first-order valence-corrected chi connectivity index (χ1v) is 9.62. The third kappa shape index (κ3) is 4.29. The highest BCUT2D eigenvalue weighted by atomic mass is 35.5. The molecule has 6 nitrogen and oxygen atoms in total. The van der Waals surface area contributed by atoms with Crippen LogP contribution < -0.4 is 11.1 Å². The molecule has 4 rings (SSSR count). The van der Waals surface area contributed by atoms with Crippen LogP contribution in [0.3, 0.4) is 0 Å². The van der Waals surface area contributed by atoms with Gasteiger partial charge in [0.1, 0.15) is 0 Å². The van der Waals surface area contributed by atoms with Crippen molar-refractivity contribution in [3.63, 3.8) is 0 Å². The summed E-state index contributed by atoms with van der Waals surface area (Å²) in [5.74, 6) is -0.176. The summed E-state index contributed by atoms with van der Waals surface area (Å²) >= 11 is 6.17. The summed E-state index contributed by atoms with van der Waals surface area (Å²) in [5.41, 5.74) is 11.0. The second-order valence-electron chi connectivity index (χ2n) is 6.77. The molecule has 29 heavy (non-hydrogen) atoms. The fourth-order valence-electron chi connectivity index (χ4n) is 3.27. The molecule has 3 heterocycles. The van der Waals surface area contributed by atoms with Crippen LogP contribution in [0.15, 0.2) is 61.2 Å². The summed E-state index contributed by atoms with van der Waals surface area (Å²) < 4.78 is 0. The lowest BCUT2D eigenvalue weighted by Gasteiger charge is -2.09. The quantitative estimate of drug-likeness (QED) is 0.456. The van der Waals surface area contributed by atoms with E-state index in [-0.39, 0.29) is 5.91 Å². The summed E-state index contributed by atoms with van der Waals surface area (Å²) in [6, 6.07) is 11.6. The summed E-state index contributed by atoms with van der Waals surface area (Å²) in [5, 5.41) is 4.54. The van der Waals surface area contributed by atoms with Gasteiger partial charge in [-0.15, -0.1) is 0 Å². The number of hydrogen-bond acceptors (Lipinski definition) is 4. The number of nitrogens with one attached hydrogen (secondary N) is 2. The predicted octanol–water partition coefficient (Wildman–Crippen LogP) is 3.59. The van der Waals surface area contributed by atoms with Gasteiger partial charge in [0.05, 0.1) is 16.3 Å². The van der Waals surface area contributed by atoms with Crippen molar-refractivity contribution in [3.8, 4) is 0 Å². The standard InChI is InChI=1S/C22H20ClN5O/c23-19-13-27-20-4-3-14(8-18(19)20)11-28-22(29)17-7-15(10-25-12-17)6-16-2-1-5-26-21(16)9-24/h1-5,7-8,10,12-13,27H,6,9,11,24H2,(H,28,29). The smallest absolute Gasteiger partial charge is 0.253 e. The lowest BCUT2D eigenvalue weighted by atomic mass is 10.0. The molecule has 0 aliphatic rings. The number of nitrogens with two attached hydrogens (primary N) is 1. The van der Waals surface area contributed by atoms with Crippen molar-refractivity contribution >= 4 is 28.4 Å². The van der Waals surface area contributed by atoms with Gasteiger partial charge < -0.3 is 16.0 Å². The molecule has 1 amide bonds. The van der Waals surface area contributed by atoms with Gasteiger partial charge in [-0.05, 0) is 41.0 Å². The topological polar surface area (TPSA) is 96.7 Å². The Labute approximate surface area is 173 Å². The lowest BCUT2D eigenvalue weighted by Crippen LogP contribution is -2.23.